The normalized spacial score (nSPS) is 20.4. The lowest BCUT2D eigenvalue weighted by Crippen LogP contribution is -2.38. The Balaban J connectivity index is 1.44. The number of carbonyl (C=O) groups is 1. The Bertz CT molecular complexity index is 1310. The predicted molar refractivity (Wildman–Crippen MR) is 145 cm³/mol. The maximum absolute atomic E-state index is 13.7. The molecule has 1 aromatic heterocycles. The molecule has 1 aliphatic carbocycles. The molecule has 0 spiro atoms. The van der Waals surface area contributed by atoms with Crippen molar-refractivity contribution in [2.75, 3.05) is 19.6 Å². The number of amides is 1. The minimum Gasteiger partial charge on any atom is -0.352 e. The van der Waals surface area contributed by atoms with Crippen LogP contribution in [0.15, 0.2) is 47.3 Å². The molecule has 36 heavy (non-hydrogen) atoms. The number of nitrogens with zero attached hydrogens (tertiary/aromatic N) is 3. The molecule has 0 radical (unpaired) electrons. The Hall–Kier alpha value is -2.70. The first-order chi connectivity index (χ1) is 17.4. The van der Waals surface area contributed by atoms with Gasteiger partial charge in [0.15, 0.2) is 0 Å². The molecule has 1 saturated heterocycles. The third kappa shape index (κ3) is 5.50. The summed E-state index contributed by atoms with van der Waals surface area (Å²) in [4.78, 5) is 33.9. The molecule has 2 heterocycles. The van der Waals surface area contributed by atoms with E-state index in [1.54, 1.807) is 12.1 Å². The molecule has 6 nitrogen and oxygen atoms in total. The van der Waals surface area contributed by atoms with Crippen LogP contribution in [0, 0.1) is 5.92 Å². The summed E-state index contributed by atoms with van der Waals surface area (Å²) in [6.45, 7) is 7.39. The summed E-state index contributed by atoms with van der Waals surface area (Å²) in [6, 6.07) is 13.3. The lowest BCUT2D eigenvalue weighted by Gasteiger charge is -2.40. The molecule has 2 aliphatic rings. The first-order valence-corrected chi connectivity index (χ1v) is 13.6. The maximum Gasteiger partial charge on any atom is 0.262 e. The van der Waals surface area contributed by atoms with Crippen molar-refractivity contribution in [2.45, 2.75) is 64.5 Å². The maximum atomic E-state index is 13.7. The number of halogens is 1. The van der Waals surface area contributed by atoms with Gasteiger partial charge in [0.25, 0.3) is 5.56 Å². The van der Waals surface area contributed by atoms with Gasteiger partial charge >= 0.3 is 0 Å². The first kappa shape index (κ1) is 25.0. The standard InChI is InChI=1S/C29H35ClN4O2/c1-19(2)31-27(35)18-34-28(22-7-6-8-24(30)15-22)32-26-10-9-21(16-25(26)29(34)36)23-13-20(14-23)17-33-11-4-3-5-12-33/h6-10,15-16,19-20,23H,3-5,11-14,17-18H2,1-2H3,(H,31,35). The number of nitrogens with one attached hydrogen (secondary N) is 1. The molecular weight excluding hydrogens is 472 g/mol. The van der Waals surface area contributed by atoms with E-state index in [1.165, 1.54) is 61.9 Å². The minimum atomic E-state index is -0.216. The van der Waals surface area contributed by atoms with Gasteiger partial charge in [-0.25, -0.2) is 4.98 Å². The zero-order valence-corrected chi connectivity index (χ0v) is 21.9. The van der Waals surface area contributed by atoms with Crippen molar-refractivity contribution in [3.05, 3.63) is 63.4 Å². The predicted octanol–water partition coefficient (Wildman–Crippen LogP) is 5.22. The molecule has 2 aromatic carbocycles. The summed E-state index contributed by atoms with van der Waals surface area (Å²) in [5, 5.41) is 4.01. The monoisotopic (exact) mass is 506 g/mol. The van der Waals surface area contributed by atoms with E-state index in [4.69, 9.17) is 16.6 Å². The van der Waals surface area contributed by atoms with E-state index in [9.17, 15) is 9.59 Å². The molecule has 1 N–H and O–H groups in total. The molecule has 5 rings (SSSR count). The van der Waals surface area contributed by atoms with Crippen LogP contribution in [0.5, 0.6) is 0 Å². The van der Waals surface area contributed by atoms with Crippen LogP contribution in [0.1, 0.15) is 57.4 Å². The second-order valence-electron chi connectivity index (χ2n) is 10.7. The van der Waals surface area contributed by atoms with Gasteiger partial charge in [-0.05, 0) is 94.3 Å². The number of fused-ring (bicyclic) bond motifs is 1. The van der Waals surface area contributed by atoms with Crippen LogP contribution in [0.4, 0.5) is 0 Å². The highest BCUT2D eigenvalue weighted by molar-refractivity contribution is 6.30. The molecule has 1 amide bonds. The molecule has 1 aliphatic heterocycles. The minimum absolute atomic E-state index is 0.0145. The average Bonchev–Trinajstić information content (AvgIpc) is 2.83. The van der Waals surface area contributed by atoms with Gasteiger partial charge in [-0.2, -0.15) is 0 Å². The largest absolute Gasteiger partial charge is 0.352 e. The zero-order valence-electron chi connectivity index (χ0n) is 21.2. The molecule has 0 atom stereocenters. The highest BCUT2D eigenvalue weighted by Crippen LogP contribution is 2.42. The van der Waals surface area contributed by atoms with Crippen LogP contribution >= 0.6 is 11.6 Å². The lowest BCUT2D eigenvalue weighted by molar-refractivity contribution is -0.122. The van der Waals surface area contributed by atoms with Gasteiger partial charge in [0.2, 0.25) is 5.91 Å². The van der Waals surface area contributed by atoms with Crippen LogP contribution in [0.3, 0.4) is 0 Å². The fourth-order valence-electron chi connectivity index (χ4n) is 5.66. The SMILES string of the molecule is CC(C)NC(=O)Cn1c(-c2cccc(Cl)c2)nc2ccc(C3CC(CN4CCCCC4)C3)cc2c1=O. The molecule has 1 saturated carbocycles. The van der Waals surface area contributed by atoms with Crippen molar-refractivity contribution in [1.29, 1.82) is 0 Å². The second kappa shape index (κ2) is 10.7. The van der Waals surface area contributed by atoms with Crippen molar-refractivity contribution < 1.29 is 4.79 Å². The number of carbonyl (C=O) groups excluding carboxylic acids is 1. The van der Waals surface area contributed by atoms with Gasteiger partial charge in [-0.3, -0.25) is 14.2 Å². The molecule has 190 valence electrons. The van der Waals surface area contributed by atoms with Crippen LogP contribution in [0.2, 0.25) is 5.02 Å². The van der Waals surface area contributed by atoms with E-state index in [1.807, 2.05) is 38.1 Å². The molecule has 0 unspecified atom stereocenters. The van der Waals surface area contributed by atoms with Crippen LogP contribution in [-0.2, 0) is 11.3 Å². The average molecular weight is 507 g/mol. The van der Waals surface area contributed by atoms with Crippen molar-refractivity contribution in [3.8, 4) is 11.4 Å². The summed E-state index contributed by atoms with van der Waals surface area (Å²) < 4.78 is 1.48. The van der Waals surface area contributed by atoms with Gasteiger partial charge in [-0.1, -0.05) is 36.2 Å². The molecule has 2 fully saturated rings. The first-order valence-electron chi connectivity index (χ1n) is 13.2. The quantitative estimate of drug-likeness (QED) is 0.477. The van der Waals surface area contributed by atoms with Crippen molar-refractivity contribution in [1.82, 2.24) is 19.8 Å². The summed E-state index contributed by atoms with van der Waals surface area (Å²) in [6.07, 6.45) is 6.35. The fourth-order valence-corrected chi connectivity index (χ4v) is 5.85. The van der Waals surface area contributed by atoms with Crippen molar-refractivity contribution in [3.63, 3.8) is 0 Å². The van der Waals surface area contributed by atoms with E-state index in [0.717, 1.165) is 5.92 Å². The summed E-state index contributed by atoms with van der Waals surface area (Å²) in [5.74, 6) is 1.46. The van der Waals surface area contributed by atoms with E-state index >= 15 is 0 Å². The topological polar surface area (TPSA) is 67.2 Å². The number of likely N-dealkylation sites (tertiary alicyclic amines) is 1. The Morgan fingerprint density at radius 3 is 2.61 bits per heavy atom. The van der Waals surface area contributed by atoms with Gasteiger partial charge in [0.1, 0.15) is 12.4 Å². The number of aromatic nitrogens is 2. The molecule has 3 aromatic rings. The van der Waals surface area contributed by atoms with E-state index in [-0.39, 0.29) is 24.1 Å². The van der Waals surface area contributed by atoms with Gasteiger partial charge < -0.3 is 10.2 Å². The Labute approximate surface area is 217 Å². The van der Waals surface area contributed by atoms with E-state index in [2.05, 4.69) is 16.3 Å². The molecular formula is C29H35ClN4O2. The Morgan fingerprint density at radius 1 is 1.11 bits per heavy atom. The Kier molecular flexibility index (Phi) is 7.44. The van der Waals surface area contributed by atoms with Gasteiger partial charge in [-0.15, -0.1) is 0 Å². The zero-order chi connectivity index (χ0) is 25.2. The van der Waals surface area contributed by atoms with E-state index < -0.39 is 0 Å². The number of piperidine rings is 1. The summed E-state index contributed by atoms with van der Waals surface area (Å²) in [5.41, 5.74) is 2.36. The number of hydrogen-bond donors (Lipinski definition) is 1. The van der Waals surface area contributed by atoms with Gasteiger partial charge in [0.05, 0.1) is 10.9 Å². The fraction of sp³-hybridized carbons (Fsp3) is 0.483. The van der Waals surface area contributed by atoms with Crippen molar-refractivity contribution >= 4 is 28.4 Å². The van der Waals surface area contributed by atoms with Crippen LogP contribution < -0.4 is 10.9 Å². The number of benzene rings is 2. The highest BCUT2D eigenvalue weighted by atomic mass is 35.5. The summed E-state index contributed by atoms with van der Waals surface area (Å²) >= 11 is 6.23. The number of rotatable bonds is 7. The highest BCUT2D eigenvalue weighted by Gasteiger charge is 2.32. The smallest absolute Gasteiger partial charge is 0.262 e. The molecule has 7 heteroatoms. The van der Waals surface area contributed by atoms with Crippen LogP contribution in [0.25, 0.3) is 22.3 Å². The third-order valence-corrected chi connectivity index (χ3v) is 7.72. The third-order valence-electron chi connectivity index (χ3n) is 7.48. The molecule has 0 bridgehead atoms. The lowest BCUT2D eigenvalue weighted by atomic mass is 9.71. The van der Waals surface area contributed by atoms with Crippen molar-refractivity contribution in [2.24, 2.45) is 5.92 Å². The number of hydrogen-bond acceptors (Lipinski definition) is 4. The van der Waals surface area contributed by atoms with E-state index in [0.29, 0.717) is 33.2 Å². The van der Waals surface area contributed by atoms with Gasteiger partial charge in [0, 0.05) is 23.2 Å². The summed E-state index contributed by atoms with van der Waals surface area (Å²) in [7, 11) is 0. The second-order valence-corrected chi connectivity index (χ2v) is 11.2. The van der Waals surface area contributed by atoms with Crippen LogP contribution in [-0.4, -0.2) is 46.0 Å². The Morgan fingerprint density at radius 2 is 1.89 bits per heavy atom.